The van der Waals surface area contributed by atoms with E-state index in [4.69, 9.17) is 14.2 Å². The summed E-state index contributed by atoms with van der Waals surface area (Å²) in [7, 11) is 1.68. The van der Waals surface area contributed by atoms with Gasteiger partial charge in [0.05, 0.1) is 13.2 Å². The number of rotatable bonds is 5. The van der Waals surface area contributed by atoms with E-state index in [-0.39, 0.29) is 0 Å². The first-order chi connectivity index (χ1) is 8.35. The summed E-state index contributed by atoms with van der Waals surface area (Å²) in [6.45, 7) is 2.02. The minimum atomic E-state index is 0.591. The van der Waals surface area contributed by atoms with Crippen LogP contribution in [0.2, 0.25) is 0 Å². The summed E-state index contributed by atoms with van der Waals surface area (Å²) in [5, 5.41) is 0. The highest BCUT2D eigenvalue weighted by molar-refractivity contribution is 14.1. The molecule has 0 fully saturated rings. The lowest BCUT2D eigenvalue weighted by molar-refractivity contribution is 0.145. The standard InChI is InChI=1S/C13H17IO3/c1-15-5-6-17-13-8-10(9-14)7-12-11(13)3-2-4-16-12/h7-8H,2-6,9H2,1H3. The third-order valence-electron chi connectivity index (χ3n) is 2.76. The molecule has 1 heterocycles. The molecule has 17 heavy (non-hydrogen) atoms. The van der Waals surface area contributed by atoms with Gasteiger partial charge in [-0.25, -0.2) is 0 Å². The van der Waals surface area contributed by atoms with Gasteiger partial charge < -0.3 is 14.2 Å². The number of fused-ring (bicyclic) bond motifs is 1. The quantitative estimate of drug-likeness (QED) is 0.465. The molecule has 0 aliphatic carbocycles. The number of alkyl halides is 1. The van der Waals surface area contributed by atoms with Crippen molar-refractivity contribution in [1.29, 1.82) is 0 Å². The van der Waals surface area contributed by atoms with E-state index in [2.05, 4.69) is 34.7 Å². The van der Waals surface area contributed by atoms with Crippen LogP contribution >= 0.6 is 22.6 Å². The fourth-order valence-electron chi connectivity index (χ4n) is 1.92. The Hall–Kier alpha value is -0.490. The average molecular weight is 348 g/mol. The Morgan fingerprint density at radius 2 is 2.24 bits per heavy atom. The van der Waals surface area contributed by atoms with Gasteiger partial charge in [0, 0.05) is 17.1 Å². The zero-order valence-corrected chi connectivity index (χ0v) is 12.2. The molecule has 1 aliphatic heterocycles. The highest BCUT2D eigenvalue weighted by Crippen LogP contribution is 2.35. The highest BCUT2D eigenvalue weighted by Gasteiger charge is 2.16. The van der Waals surface area contributed by atoms with E-state index in [0.29, 0.717) is 13.2 Å². The van der Waals surface area contributed by atoms with Gasteiger partial charge in [-0.15, -0.1) is 0 Å². The van der Waals surface area contributed by atoms with Crippen molar-refractivity contribution < 1.29 is 14.2 Å². The van der Waals surface area contributed by atoms with Gasteiger partial charge in [0.2, 0.25) is 0 Å². The first-order valence-corrected chi connectivity index (χ1v) is 7.34. The highest BCUT2D eigenvalue weighted by atomic mass is 127. The van der Waals surface area contributed by atoms with Gasteiger partial charge in [0.1, 0.15) is 18.1 Å². The van der Waals surface area contributed by atoms with Crippen LogP contribution in [0.1, 0.15) is 17.5 Å². The number of methoxy groups -OCH3 is 1. The van der Waals surface area contributed by atoms with E-state index in [1.165, 1.54) is 11.1 Å². The number of hydrogen-bond acceptors (Lipinski definition) is 3. The molecule has 4 heteroatoms. The van der Waals surface area contributed by atoms with Crippen LogP contribution in [0.5, 0.6) is 11.5 Å². The summed E-state index contributed by atoms with van der Waals surface area (Å²) in [5.74, 6) is 1.96. The van der Waals surface area contributed by atoms with Gasteiger partial charge >= 0.3 is 0 Å². The minimum Gasteiger partial charge on any atom is -0.493 e. The molecule has 0 amide bonds. The summed E-state index contributed by atoms with van der Waals surface area (Å²) < 4.78 is 17.5. The molecule has 2 rings (SSSR count). The summed E-state index contributed by atoms with van der Waals surface area (Å²) in [6.07, 6.45) is 2.11. The Labute approximate surface area is 116 Å². The Morgan fingerprint density at radius 3 is 3.00 bits per heavy atom. The minimum absolute atomic E-state index is 0.591. The van der Waals surface area contributed by atoms with Crippen LogP contribution in [-0.4, -0.2) is 26.9 Å². The molecule has 1 aromatic carbocycles. The van der Waals surface area contributed by atoms with Crippen LogP contribution < -0.4 is 9.47 Å². The fourth-order valence-corrected chi connectivity index (χ4v) is 2.36. The Bertz CT molecular complexity index is 379. The van der Waals surface area contributed by atoms with Crippen molar-refractivity contribution in [2.24, 2.45) is 0 Å². The molecule has 0 unspecified atom stereocenters. The molecular formula is C13H17IO3. The van der Waals surface area contributed by atoms with E-state index < -0.39 is 0 Å². The summed E-state index contributed by atoms with van der Waals surface area (Å²) in [6, 6.07) is 4.25. The lowest BCUT2D eigenvalue weighted by Gasteiger charge is -2.21. The third-order valence-corrected chi connectivity index (χ3v) is 3.64. The maximum Gasteiger partial charge on any atom is 0.126 e. The number of benzene rings is 1. The Morgan fingerprint density at radius 1 is 1.35 bits per heavy atom. The second-order valence-electron chi connectivity index (χ2n) is 4.00. The van der Waals surface area contributed by atoms with E-state index in [9.17, 15) is 0 Å². The van der Waals surface area contributed by atoms with Crippen molar-refractivity contribution in [2.45, 2.75) is 17.3 Å². The van der Waals surface area contributed by atoms with Crippen LogP contribution in [0, 0.1) is 0 Å². The zero-order chi connectivity index (χ0) is 12.1. The molecule has 0 atom stereocenters. The Balaban J connectivity index is 2.21. The molecule has 0 N–H and O–H groups in total. The van der Waals surface area contributed by atoms with Crippen molar-refractivity contribution in [2.75, 3.05) is 26.9 Å². The third kappa shape index (κ3) is 3.25. The maximum absolute atomic E-state index is 5.78. The smallest absolute Gasteiger partial charge is 0.126 e. The SMILES string of the molecule is COCCOc1cc(CI)cc2c1CCCO2. The van der Waals surface area contributed by atoms with Crippen molar-refractivity contribution in [3.63, 3.8) is 0 Å². The van der Waals surface area contributed by atoms with Crippen LogP contribution in [0.15, 0.2) is 12.1 Å². The predicted molar refractivity (Wildman–Crippen MR) is 75.4 cm³/mol. The zero-order valence-electron chi connectivity index (χ0n) is 10.0. The largest absolute Gasteiger partial charge is 0.493 e. The molecular weight excluding hydrogens is 331 g/mol. The molecule has 3 nitrogen and oxygen atoms in total. The van der Waals surface area contributed by atoms with Gasteiger partial charge in [0.25, 0.3) is 0 Å². The lowest BCUT2D eigenvalue weighted by atomic mass is 10.0. The topological polar surface area (TPSA) is 27.7 Å². The van der Waals surface area contributed by atoms with Crippen molar-refractivity contribution in [3.05, 3.63) is 23.3 Å². The number of halogens is 1. The van der Waals surface area contributed by atoms with E-state index >= 15 is 0 Å². The molecule has 0 saturated heterocycles. The maximum atomic E-state index is 5.78. The second-order valence-corrected chi connectivity index (χ2v) is 4.76. The first-order valence-electron chi connectivity index (χ1n) is 5.81. The van der Waals surface area contributed by atoms with Gasteiger partial charge in [-0.2, -0.15) is 0 Å². The normalized spacial score (nSPS) is 14.0. The molecule has 94 valence electrons. The number of ether oxygens (including phenoxy) is 3. The molecule has 1 aromatic rings. The predicted octanol–water partition coefficient (Wildman–Crippen LogP) is 2.97. The molecule has 0 radical (unpaired) electrons. The van der Waals surface area contributed by atoms with Crippen LogP contribution in [0.4, 0.5) is 0 Å². The average Bonchev–Trinajstić information content (AvgIpc) is 2.38. The number of hydrogen-bond donors (Lipinski definition) is 0. The van der Waals surface area contributed by atoms with Crippen LogP contribution in [-0.2, 0) is 15.6 Å². The molecule has 0 bridgehead atoms. The van der Waals surface area contributed by atoms with Gasteiger partial charge in [-0.05, 0) is 30.5 Å². The van der Waals surface area contributed by atoms with Crippen LogP contribution in [0.25, 0.3) is 0 Å². The van der Waals surface area contributed by atoms with E-state index in [1.54, 1.807) is 7.11 Å². The van der Waals surface area contributed by atoms with E-state index in [1.807, 2.05) is 0 Å². The van der Waals surface area contributed by atoms with E-state index in [0.717, 1.165) is 35.4 Å². The van der Waals surface area contributed by atoms with Gasteiger partial charge in [-0.1, -0.05) is 22.6 Å². The van der Waals surface area contributed by atoms with Crippen molar-refractivity contribution >= 4 is 22.6 Å². The Kier molecular flexibility index (Phi) is 4.91. The second kappa shape index (κ2) is 6.44. The van der Waals surface area contributed by atoms with Crippen molar-refractivity contribution in [1.82, 2.24) is 0 Å². The first kappa shape index (κ1) is 13.0. The molecule has 0 spiro atoms. The lowest BCUT2D eigenvalue weighted by Crippen LogP contribution is -2.12. The summed E-state index contributed by atoms with van der Waals surface area (Å²) >= 11 is 2.35. The van der Waals surface area contributed by atoms with Crippen molar-refractivity contribution in [3.8, 4) is 11.5 Å². The monoisotopic (exact) mass is 348 g/mol. The van der Waals surface area contributed by atoms with Gasteiger partial charge in [0.15, 0.2) is 0 Å². The van der Waals surface area contributed by atoms with Gasteiger partial charge in [-0.3, -0.25) is 0 Å². The molecule has 0 aromatic heterocycles. The summed E-state index contributed by atoms with van der Waals surface area (Å²) in [5.41, 5.74) is 2.46. The summed E-state index contributed by atoms with van der Waals surface area (Å²) in [4.78, 5) is 0. The fraction of sp³-hybridized carbons (Fsp3) is 0.538. The molecule has 1 aliphatic rings. The molecule has 0 saturated carbocycles. The van der Waals surface area contributed by atoms with Crippen LogP contribution in [0.3, 0.4) is 0 Å².